The molecule has 0 amide bonds. The first kappa shape index (κ1) is 15.5. The summed E-state index contributed by atoms with van der Waals surface area (Å²) < 4.78 is 11.9. The number of anilines is 1. The summed E-state index contributed by atoms with van der Waals surface area (Å²) in [5.41, 5.74) is 5.13. The molecule has 1 N–H and O–H groups in total. The molecule has 1 saturated heterocycles. The van der Waals surface area contributed by atoms with Gasteiger partial charge in [-0.1, -0.05) is 37.3 Å². The standard InChI is InChI=1S/C21H25NO2/c1-3-14-10-11-18-17(13-14)21-16(8-6-12-24-21)20(22-18)15-7-4-5-9-19(15)23-2/h4-5,7,9-11,13,16,20-22H,3,6,8,12H2,1-2H3/t16-,20-,21-/m0/s1. The summed E-state index contributed by atoms with van der Waals surface area (Å²) in [5, 5.41) is 3.78. The number of hydrogen-bond acceptors (Lipinski definition) is 3. The van der Waals surface area contributed by atoms with Crippen molar-refractivity contribution in [3.05, 3.63) is 59.2 Å². The van der Waals surface area contributed by atoms with Crippen molar-refractivity contribution in [2.45, 2.75) is 38.3 Å². The molecule has 0 spiro atoms. The Bertz CT molecular complexity index is 728. The first-order valence-corrected chi connectivity index (χ1v) is 8.95. The molecule has 0 aliphatic carbocycles. The van der Waals surface area contributed by atoms with Crippen molar-refractivity contribution < 1.29 is 9.47 Å². The van der Waals surface area contributed by atoms with Gasteiger partial charge in [0.1, 0.15) is 5.75 Å². The van der Waals surface area contributed by atoms with Gasteiger partial charge in [-0.25, -0.2) is 0 Å². The van der Waals surface area contributed by atoms with Gasteiger partial charge in [0, 0.05) is 29.3 Å². The van der Waals surface area contributed by atoms with Crippen LogP contribution in [0.3, 0.4) is 0 Å². The maximum absolute atomic E-state index is 6.25. The highest BCUT2D eigenvalue weighted by atomic mass is 16.5. The molecule has 0 unspecified atom stereocenters. The summed E-state index contributed by atoms with van der Waals surface area (Å²) in [7, 11) is 1.75. The van der Waals surface area contributed by atoms with E-state index >= 15 is 0 Å². The quantitative estimate of drug-likeness (QED) is 0.872. The predicted molar refractivity (Wildman–Crippen MR) is 96.6 cm³/mol. The van der Waals surface area contributed by atoms with Crippen molar-refractivity contribution in [2.24, 2.45) is 5.92 Å². The molecule has 2 heterocycles. The van der Waals surface area contributed by atoms with Gasteiger partial charge in [-0.3, -0.25) is 0 Å². The van der Waals surface area contributed by atoms with Crippen molar-refractivity contribution in [1.82, 2.24) is 0 Å². The second-order valence-electron chi connectivity index (χ2n) is 6.74. The Morgan fingerprint density at radius 1 is 1.17 bits per heavy atom. The van der Waals surface area contributed by atoms with Gasteiger partial charge in [-0.05, 0) is 37.0 Å². The molecule has 24 heavy (non-hydrogen) atoms. The van der Waals surface area contributed by atoms with E-state index in [-0.39, 0.29) is 12.1 Å². The van der Waals surface area contributed by atoms with Gasteiger partial charge in [0.25, 0.3) is 0 Å². The highest BCUT2D eigenvalue weighted by Crippen LogP contribution is 2.50. The topological polar surface area (TPSA) is 30.5 Å². The predicted octanol–water partition coefficient (Wildman–Crippen LogP) is 4.89. The molecule has 2 aliphatic heterocycles. The molecule has 3 nitrogen and oxygen atoms in total. The lowest BCUT2D eigenvalue weighted by molar-refractivity contribution is -0.0383. The summed E-state index contributed by atoms with van der Waals surface area (Å²) >= 11 is 0. The number of benzene rings is 2. The van der Waals surface area contributed by atoms with Gasteiger partial charge in [0.05, 0.1) is 19.3 Å². The van der Waals surface area contributed by atoms with E-state index in [4.69, 9.17) is 9.47 Å². The Labute approximate surface area is 144 Å². The maximum Gasteiger partial charge on any atom is 0.124 e. The second-order valence-corrected chi connectivity index (χ2v) is 6.74. The third-order valence-corrected chi connectivity index (χ3v) is 5.41. The molecule has 3 heteroatoms. The molecular formula is C21H25NO2. The minimum atomic E-state index is 0.177. The minimum absolute atomic E-state index is 0.177. The van der Waals surface area contributed by atoms with E-state index in [1.54, 1.807) is 7.11 Å². The average Bonchev–Trinajstić information content (AvgIpc) is 2.67. The Morgan fingerprint density at radius 3 is 2.88 bits per heavy atom. The zero-order chi connectivity index (χ0) is 16.5. The molecule has 2 aromatic rings. The third-order valence-electron chi connectivity index (χ3n) is 5.41. The molecule has 4 rings (SSSR count). The van der Waals surface area contributed by atoms with E-state index in [0.29, 0.717) is 5.92 Å². The van der Waals surface area contributed by atoms with Crippen molar-refractivity contribution in [3.63, 3.8) is 0 Å². The van der Waals surface area contributed by atoms with Crippen LogP contribution in [0.25, 0.3) is 0 Å². The molecule has 2 aliphatic rings. The first-order chi connectivity index (χ1) is 11.8. The van der Waals surface area contributed by atoms with Crippen molar-refractivity contribution >= 4 is 5.69 Å². The van der Waals surface area contributed by atoms with E-state index in [0.717, 1.165) is 25.2 Å². The number of ether oxygens (including phenoxy) is 2. The molecule has 126 valence electrons. The van der Waals surface area contributed by atoms with Crippen LogP contribution in [0.4, 0.5) is 5.69 Å². The van der Waals surface area contributed by atoms with Crippen molar-refractivity contribution in [2.75, 3.05) is 19.0 Å². The van der Waals surface area contributed by atoms with Crippen LogP contribution < -0.4 is 10.1 Å². The highest BCUT2D eigenvalue weighted by Gasteiger charge is 2.40. The van der Waals surface area contributed by atoms with Gasteiger partial charge in [-0.2, -0.15) is 0 Å². The molecule has 0 aromatic heterocycles. The number of hydrogen-bond donors (Lipinski definition) is 1. The van der Waals surface area contributed by atoms with E-state index in [2.05, 4.69) is 42.6 Å². The number of aryl methyl sites for hydroxylation is 1. The molecule has 2 aromatic carbocycles. The highest BCUT2D eigenvalue weighted by molar-refractivity contribution is 5.59. The van der Waals surface area contributed by atoms with E-state index in [1.165, 1.54) is 28.8 Å². The van der Waals surface area contributed by atoms with E-state index < -0.39 is 0 Å². The zero-order valence-corrected chi connectivity index (χ0v) is 14.4. The Hall–Kier alpha value is -2.00. The molecule has 0 saturated carbocycles. The fraction of sp³-hybridized carbons (Fsp3) is 0.429. The fourth-order valence-electron chi connectivity index (χ4n) is 4.17. The second kappa shape index (κ2) is 6.48. The number of rotatable bonds is 3. The molecule has 1 fully saturated rings. The van der Waals surface area contributed by atoms with Crippen LogP contribution in [0.15, 0.2) is 42.5 Å². The normalized spacial score (nSPS) is 25.3. The summed E-state index contributed by atoms with van der Waals surface area (Å²) in [6, 6.07) is 15.3. The van der Waals surface area contributed by atoms with Crippen LogP contribution in [-0.4, -0.2) is 13.7 Å². The van der Waals surface area contributed by atoms with E-state index in [9.17, 15) is 0 Å². The lowest BCUT2D eigenvalue weighted by atomic mass is 9.77. The van der Waals surface area contributed by atoms with Gasteiger partial charge in [0.2, 0.25) is 0 Å². The number of methoxy groups -OCH3 is 1. The Kier molecular flexibility index (Phi) is 4.19. The molecule has 0 bridgehead atoms. The van der Waals surface area contributed by atoms with Crippen LogP contribution >= 0.6 is 0 Å². The van der Waals surface area contributed by atoms with Gasteiger partial charge >= 0.3 is 0 Å². The summed E-state index contributed by atoms with van der Waals surface area (Å²) in [6.45, 7) is 3.06. The number of para-hydroxylation sites is 1. The Balaban J connectivity index is 1.79. The zero-order valence-electron chi connectivity index (χ0n) is 14.4. The SMILES string of the molecule is CCc1ccc2c(c1)[C@H]1OCCC[C@H]1[C@H](c1ccccc1OC)N2. The number of nitrogens with one attached hydrogen (secondary N) is 1. The smallest absolute Gasteiger partial charge is 0.124 e. The van der Waals surface area contributed by atoms with Crippen LogP contribution in [0, 0.1) is 5.92 Å². The lowest BCUT2D eigenvalue weighted by Gasteiger charge is -2.43. The van der Waals surface area contributed by atoms with Gasteiger partial charge in [-0.15, -0.1) is 0 Å². The third kappa shape index (κ3) is 2.57. The largest absolute Gasteiger partial charge is 0.496 e. The maximum atomic E-state index is 6.25. The van der Waals surface area contributed by atoms with Gasteiger partial charge < -0.3 is 14.8 Å². The number of fused-ring (bicyclic) bond motifs is 3. The summed E-state index contributed by atoms with van der Waals surface area (Å²) in [5.74, 6) is 1.39. The van der Waals surface area contributed by atoms with Crippen LogP contribution in [0.1, 0.15) is 48.6 Å². The first-order valence-electron chi connectivity index (χ1n) is 8.95. The summed E-state index contributed by atoms with van der Waals surface area (Å²) in [6.07, 6.45) is 3.53. The van der Waals surface area contributed by atoms with Crippen molar-refractivity contribution in [1.29, 1.82) is 0 Å². The van der Waals surface area contributed by atoms with Crippen LogP contribution in [0.2, 0.25) is 0 Å². The molecule has 0 radical (unpaired) electrons. The monoisotopic (exact) mass is 323 g/mol. The molecular weight excluding hydrogens is 298 g/mol. The lowest BCUT2D eigenvalue weighted by Crippen LogP contribution is -2.36. The van der Waals surface area contributed by atoms with Gasteiger partial charge in [0.15, 0.2) is 0 Å². The van der Waals surface area contributed by atoms with Crippen molar-refractivity contribution in [3.8, 4) is 5.75 Å². The van der Waals surface area contributed by atoms with E-state index in [1.807, 2.05) is 12.1 Å². The van der Waals surface area contributed by atoms with Crippen LogP contribution in [0.5, 0.6) is 5.75 Å². The molecule has 3 atom stereocenters. The fourth-order valence-corrected chi connectivity index (χ4v) is 4.17. The van der Waals surface area contributed by atoms with Crippen LogP contribution in [-0.2, 0) is 11.2 Å². The minimum Gasteiger partial charge on any atom is -0.496 e. The Morgan fingerprint density at radius 2 is 2.04 bits per heavy atom. The summed E-state index contributed by atoms with van der Waals surface area (Å²) in [4.78, 5) is 0. The average molecular weight is 323 g/mol.